The number of benzene rings is 1. The molecule has 1 aromatic carbocycles. The molecule has 0 spiro atoms. The van der Waals surface area contributed by atoms with Crippen molar-refractivity contribution < 1.29 is 4.79 Å². The summed E-state index contributed by atoms with van der Waals surface area (Å²) in [5.41, 5.74) is 2.95. The van der Waals surface area contributed by atoms with Crippen molar-refractivity contribution in [3.63, 3.8) is 0 Å². The first kappa shape index (κ1) is 17.7. The topological polar surface area (TPSA) is 66.7 Å². The molecule has 1 amide bonds. The zero-order chi connectivity index (χ0) is 19.0. The molecule has 2 aromatic heterocycles. The number of aromatic nitrogens is 2. The van der Waals surface area contributed by atoms with E-state index in [4.69, 9.17) is 0 Å². The molecule has 0 saturated heterocycles. The van der Waals surface area contributed by atoms with Gasteiger partial charge in [-0.3, -0.25) is 14.0 Å². The molecule has 140 valence electrons. The molecule has 0 radical (unpaired) electrons. The van der Waals surface area contributed by atoms with Crippen molar-refractivity contribution in [2.45, 2.75) is 32.2 Å². The van der Waals surface area contributed by atoms with E-state index in [0.29, 0.717) is 11.5 Å². The monoisotopic (exact) mass is 382 g/mol. The number of thiazole rings is 1. The van der Waals surface area contributed by atoms with E-state index in [1.165, 1.54) is 11.1 Å². The van der Waals surface area contributed by atoms with Crippen LogP contribution < -0.4 is 15.8 Å². The van der Waals surface area contributed by atoms with Gasteiger partial charge in [0, 0.05) is 43.1 Å². The third-order valence-corrected chi connectivity index (χ3v) is 6.11. The number of rotatable bonds is 4. The van der Waals surface area contributed by atoms with Crippen LogP contribution in [0.4, 0.5) is 5.69 Å². The van der Waals surface area contributed by atoms with Crippen molar-refractivity contribution in [1.29, 1.82) is 0 Å². The highest BCUT2D eigenvalue weighted by Crippen LogP contribution is 2.28. The molecule has 6 nitrogen and oxygen atoms in total. The normalized spacial score (nSPS) is 13.4. The van der Waals surface area contributed by atoms with Crippen molar-refractivity contribution in [3.05, 3.63) is 62.5 Å². The number of hydrogen-bond donors (Lipinski definition) is 1. The molecule has 27 heavy (non-hydrogen) atoms. The molecular formula is C20H22N4O2S. The molecule has 0 unspecified atom stereocenters. The van der Waals surface area contributed by atoms with Gasteiger partial charge in [0.25, 0.3) is 11.5 Å². The number of nitrogens with one attached hydrogen (secondary N) is 1. The van der Waals surface area contributed by atoms with Crippen LogP contribution in [0.25, 0.3) is 4.96 Å². The summed E-state index contributed by atoms with van der Waals surface area (Å²) in [6.45, 7) is 0.371. The molecule has 0 atom stereocenters. The lowest BCUT2D eigenvalue weighted by molar-refractivity contribution is 0.0949. The third kappa shape index (κ3) is 3.35. The number of fused-ring (bicyclic) bond motifs is 3. The van der Waals surface area contributed by atoms with E-state index >= 15 is 0 Å². The Morgan fingerprint density at radius 3 is 2.70 bits per heavy atom. The highest BCUT2D eigenvalue weighted by molar-refractivity contribution is 7.17. The number of aryl methyl sites for hydroxylation is 2. The molecule has 3 aromatic rings. The van der Waals surface area contributed by atoms with E-state index in [2.05, 4.69) is 10.3 Å². The Bertz CT molecular complexity index is 1050. The summed E-state index contributed by atoms with van der Waals surface area (Å²) >= 11 is 1.56. The van der Waals surface area contributed by atoms with Crippen LogP contribution in [-0.4, -0.2) is 29.4 Å². The quantitative estimate of drug-likeness (QED) is 0.753. The van der Waals surface area contributed by atoms with Gasteiger partial charge in [-0.25, -0.2) is 4.98 Å². The van der Waals surface area contributed by atoms with Crippen LogP contribution in [-0.2, 0) is 19.4 Å². The van der Waals surface area contributed by atoms with E-state index in [1.807, 2.05) is 43.3 Å². The minimum atomic E-state index is -0.380. The average molecular weight is 382 g/mol. The third-order valence-electron chi connectivity index (χ3n) is 4.95. The fourth-order valence-electron chi connectivity index (χ4n) is 3.41. The summed E-state index contributed by atoms with van der Waals surface area (Å²) in [5, 5.41) is 2.84. The lowest BCUT2D eigenvalue weighted by Crippen LogP contribution is -2.31. The van der Waals surface area contributed by atoms with Crippen molar-refractivity contribution in [2.75, 3.05) is 19.0 Å². The maximum atomic E-state index is 12.9. The van der Waals surface area contributed by atoms with Crippen molar-refractivity contribution in [2.24, 2.45) is 0 Å². The molecular weight excluding hydrogens is 360 g/mol. The Kier molecular flexibility index (Phi) is 4.70. The first-order valence-electron chi connectivity index (χ1n) is 9.11. The predicted octanol–water partition coefficient (Wildman–Crippen LogP) is 2.63. The van der Waals surface area contributed by atoms with Crippen LogP contribution in [0, 0.1) is 0 Å². The molecule has 0 bridgehead atoms. The lowest BCUT2D eigenvalue weighted by atomic mass is 10.0. The van der Waals surface area contributed by atoms with Gasteiger partial charge in [0.15, 0.2) is 4.96 Å². The van der Waals surface area contributed by atoms with Gasteiger partial charge in [0.05, 0.1) is 0 Å². The maximum absolute atomic E-state index is 12.9. The smallest absolute Gasteiger partial charge is 0.271 e. The molecule has 2 heterocycles. The van der Waals surface area contributed by atoms with Gasteiger partial charge in [-0.05, 0) is 43.4 Å². The number of amides is 1. The van der Waals surface area contributed by atoms with Gasteiger partial charge >= 0.3 is 0 Å². The summed E-state index contributed by atoms with van der Waals surface area (Å²) in [7, 11) is 3.97. The largest absolute Gasteiger partial charge is 0.378 e. The molecule has 0 saturated carbocycles. The van der Waals surface area contributed by atoms with Crippen molar-refractivity contribution in [3.8, 4) is 0 Å². The van der Waals surface area contributed by atoms with Crippen LogP contribution in [0.3, 0.4) is 0 Å². The number of anilines is 1. The number of carbonyl (C=O) groups is 1. The SMILES string of the molecule is CN(C)c1ccc(CNC(=O)c2cnc3sc4c(n3c2=O)CCCC4)cc1. The standard InChI is InChI=1S/C20H22N4O2S/c1-23(2)14-9-7-13(8-10-14)11-21-18(25)15-12-22-20-24(19(15)26)16-5-3-4-6-17(16)27-20/h7-10,12H,3-6,11H2,1-2H3,(H,21,25). The molecule has 0 aliphatic heterocycles. The Labute approximate surface area is 161 Å². The lowest BCUT2D eigenvalue weighted by Gasteiger charge is -2.13. The first-order valence-corrected chi connectivity index (χ1v) is 9.93. The van der Waals surface area contributed by atoms with Gasteiger partial charge in [0.2, 0.25) is 0 Å². The summed E-state index contributed by atoms with van der Waals surface area (Å²) in [4.78, 5) is 33.8. The van der Waals surface area contributed by atoms with Gasteiger partial charge in [-0.15, -0.1) is 11.3 Å². The second kappa shape index (κ2) is 7.15. The van der Waals surface area contributed by atoms with Crippen LogP contribution in [0.5, 0.6) is 0 Å². The van der Waals surface area contributed by atoms with Gasteiger partial charge in [-0.2, -0.15) is 0 Å². The summed E-state index contributed by atoms with van der Waals surface area (Å²) in [6.07, 6.45) is 5.50. The molecule has 1 aliphatic carbocycles. The van der Waals surface area contributed by atoms with E-state index < -0.39 is 0 Å². The Morgan fingerprint density at radius 1 is 1.22 bits per heavy atom. The summed E-state index contributed by atoms with van der Waals surface area (Å²) < 4.78 is 1.64. The number of carbonyl (C=O) groups excluding carboxylic acids is 1. The average Bonchev–Trinajstić information content (AvgIpc) is 3.06. The van der Waals surface area contributed by atoms with Crippen LogP contribution >= 0.6 is 11.3 Å². The molecule has 1 N–H and O–H groups in total. The zero-order valence-corrected chi connectivity index (χ0v) is 16.3. The van der Waals surface area contributed by atoms with E-state index in [1.54, 1.807) is 15.7 Å². The van der Waals surface area contributed by atoms with E-state index in [0.717, 1.165) is 42.6 Å². The fourth-order valence-corrected chi connectivity index (χ4v) is 4.58. The Hall–Kier alpha value is -2.67. The Balaban J connectivity index is 1.56. The first-order chi connectivity index (χ1) is 13.0. The van der Waals surface area contributed by atoms with Gasteiger partial charge in [0.1, 0.15) is 5.56 Å². The van der Waals surface area contributed by atoms with E-state index in [9.17, 15) is 9.59 Å². The Morgan fingerprint density at radius 2 is 1.96 bits per heavy atom. The maximum Gasteiger partial charge on any atom is 0.271 e. The second-order valence-electron chi connectivity index (χ2n) is 7.02. The molecule has 0 fully saturated rings. The highest BCUT2D eigenvalue weighted by Gasteiger charge is 2.21. The van der Waals surface area contributed by atoms with E-state index in [-0.39, 0.29) is 17.0 Å². The minimum Gasteiger partial charge on any atom is -0.378 e. The minimum absolute atomic E-state index is 0.101. The van der Waals surface area contributed by atoms with Crippen LogP contribution in [0.1, 0.15) is 39.3 Å². The number of hydrogen-bond acceptors (Lipinski definition) is 5. The van der Waals surface area contributed by atoms with Gasteiger partial charge < -0.3 is 10.2 Å². The van der Waals surface area contributed by atoms with Crippen molar-refractivity contribution in [1.82, 2.24) is 14.7 Å². The molecule has 7 heteroatoms. The summed E-state index contributed by atoms with van der Waals surface area (Å²) in [5.74, 6) is -0.380. The number of nitrogens with zero attached hydrogens (tertiary/aromatic N) is 3. The fraction of sp³-hybridized carbons (Fsp3) is 0.350. The van der Waals surface area contributed by atoms with Crippen LogP contribution in [0.15, 0.2) is 35.3 Å². The summed E-state index contributed by atoms with van der Waals surface area (Å²) in [6, 6.07) is 7.95. The van der Waals surface area contributed by atoms with Crippen LogP contribution in [0.2, 0.25) is 0 Å². The molecule has 1 aliphatic rings. The predicted molar refractivity (Wildman–Crippen MR) is 108 cm³/mol. The zero-order valence-electron chi connectivity index (χ0n) is 15.5. The second-order valence-corrected chi connectivity index (χ2v) is 8.08. The van der Waals surface area contributed by atoms with Gasteiger partial charge in [-0.1, -0.05) is 12.1 Å². The molecule has 4 rings (SSSR count). The highest BCUT2D eigenvalue weighted by atomic mass is 32.1. The van der Waals surface area contributed by atoms with Crippen molar-refractivity contribution >= 4 is 27.9 Å².